The fourth-order valence-corrected chi connectivity index (χ4v) is 11.6. The van der Waals surface area contributed by atoms with E-state index in [-0.39, 0.29) is 34.3 Å². The van der Waals surface area contributed by atoms with Gasteiger partial charge in [0.15, 0.2) is 6.10 Å². The molecule has 3 amide bonds. The predicted octanol–water partition coefficient (Wildman–Crippen LogP) is 8.35. The molecule has 2 heterocycles. The Bertz CT molecular complexity index is 1930. The largest absolute Gasteiger partial charge is 0.480 e. The molecule has 1 fully saturated rings. The molecule has 0 spiro atoms. The molecule has 5 rings (SSSR count). The maximum Gasteiger partial charge on any atom is 0.425 e. The highest BCUT2D eigenvalue weighted by Crippen LogP contribution is 2.38. The number of ether oxygens (including phenoxy) is 2. The molecule has 1 aliphatic heterocycles. The molecule has 3 aromatic carbocycles. The third kappa shape index (κ3) is 8.50. The summed E-state index contributed by atoms with van der Waals surface area (Å²) in [6.07, 6.45) is -4.56. The molecule has 2 atom stereocenters. The molecule has 1 saturated heterocycles. The number of nitrogens with one attached hydrogen (secondary N) is 2. The Hall–Kier alpha value is -4.66. The number of hydrogen-bond donors (Lipinski definition) is 2. The lowest BCUT2D eigenvalue weighted by Crippen LogP contribution is -2.67. The molecule has 15 heteroatoms. The predicted molar refractivity (Wildman–Crippen MR) is 203 cm³/mol. The molecule has 0 bridgehead atoms. The maximum absolute atomic E-state index is 15.8. The summed E-state index contributed by atoms with van der Waals surface area (Å²) < 4.78 is 74.1. The summed E-state index contributed by atoms with van der Waals surface area (Å²) in [5.41, 5.74) is -0.574. The van der Waals surface area contributed by atoms with Gasteiger partial charge in [-0.1, -0.05) is 93.0 Å². The Morgan fingerprint density at radius 2 is 1.63 bits per heavy atom. The second-order valence-corrected chi connectivity index (χ2v) is 18.8. The quantitative estimate of drug-likeness (QED) is 0.117. The van der Waals surface area contributed by atoms with Crippen LogP contribution in [0, 0.1) is 12.7 Å². The van der Waals surface area contributed by atoms with Crippen LogP contribution in [0.5, 0.6) is 11.6 Å². The topological polar surface area (TPSA) is 102 Å². The van der Waals surface area contributed by atoms with Crippen molar-refractivity contribution in [2.24, 2.45) is 0 Å². The molecule has 54 heavy (non-hydrogen) atoms. The smallest absolute Gasteiger partial charge is 0.425 e. The van der Waals surface area contributed by atoms with Crippen LogP contribution in [-0.2, 0) is 4.43 Å². The van der Waals surface area contributed by atoms with E-state index in [2.05, 4.69) is 60.7 Å². The van der Waals surface area contributed by atoms with E-state index >= 15 is 4.39 Å². The summed E-state index contributed by atoms with van der Waals surface area (Å²) in [4.78, 5) is 32.8. The fourth-order valence-electron chi connectivity index (χ4n) is 6.66. The summed E-state index contributed by atoms with van der Waals surface area (Å²) in [5.74, 6) is -2.72. The number of likely N-dealkylation sites (tertiary alicyclic amines) is 1. The number of carbonyl (C=O) groups is 2. The Balaban J connectivity index is 1.43. The number of benzene rings is 3. The van der Waals surface area contributed by atoms with Crippen molar-refractivity contribution < 1.29 is 41.1 Å². The molecule has 1 aliphatic rings. The van der Waals surface area contributed by atoms with Gasteiger partial charge in [-0.2, -0.15) is 13.2 Å². The number of urea groups is 1. The third-order valence-corrected chi connectivity index (χ3v) is 14.8. The first kappa shape index (κ1) is 40.5. The molecular formula is C39H43ClF4N4O5Si. The van der Waals surface area contributed by atoms with Gasteiger partial charge >= 0.3 is 12.2 Å². The number of hydrogen-bond acceptors (Lipinski definition) is 6. The summed E-state index contributed by atoms with van der Waals surface area (Å²) in [6, 6.07) is 20.6. The molecule has 1 aromatic heterocycles. The molecule has 0 aliphatic carbocycles. The average Bonchev–Trinajstić information content (AvgIpc) is 3.60. The first-order valence-corrected chi connectivity index (χ1v) is 19.7. The highest BCUT2D eigenvalue weighted by Gasteiger charge is 2.51. The molecular weight excluding hydrogens is 744 g/mol. The molecule has 0 saturated carbocycles. The summed E-state index contributed by atoms with van der Waals surface area (Å²) >= 11 is 6.33. The Morgan fingerprint density at radius 1 is 1.02 bits per heavy atom. The van der Waals surface area contributed by atoms with E-state index in [1.165, 1.54) is 13.3 Å². The lowest BCUT2D eigenvalue weighted by atomic mass is 10.1. The van der Waals surface area contributed by atoms with E-state index in [0.717, 1.165) is 23.4 Å². The standard InChI is InChI=1S/C39H43ClF4N4O5Si/c1-24-22-45-36(51-6)33(40)34(24)47-35(49)29-20-30(41)31(21-32(29)53-25(2)39(42,43)44)46-37(50)48-19-13-14-26(48)23-52-54(38(3,4)5,27-15-9-7-10-16-27)28-17-11-8-12-18-28/h7-12,15-18,20-22,25-26H,13-14,19,23H2,1-6H3,(H,46,50)(H,45,47,49). The number of nitrogens with zero attached hydrogens (tertiary/aromatic N) is 2. The Kier molecular flexibility index (Phi) is 12.3. The van der Waals surface area contributed by atoms with Crippen LogP contribution >= 0.6 is 11.6 Å². The van der Waals surface area contributed by atoms with Crippen molar-refractivity contribution in [2.45, 2.75) is 70.8 Å². The van der Waals surface area contributed by atoms with Crippen molar-refractivity contribution in [3.8, 4) is 11.6 Å². The number of aryl methyl sites for hydroxylation is 1. The fraction of sp³-hybridized carbons (Fsp3) is 0.359. The number of amides is 3. The minimum atomic E-state index is -4.82. The number of methoxy groups -OCH3 is 1. The van der Waals surface area contributed by atoms with Gasteiger partial charge in [-0.05, 0) is 53.7 Å². The lowest BCUT2D eigenvalue weighted by molar-refractivity contribution is -0.189. The van der Waals surface area contributed by atoms with E-state index in [1.807, 2.05) is 36.4 Å². The Labute approximate surface area is 318 Å². The van der Waals surface area contributed by atoms with Gasteiger partial charge in [-0.15, -0.1) is 0 Å². The van der Waals surface area contributed by atoms with E-state index < -0.39 is 55.4 Å². The van der Waals surface area contributed by atoms with Gasteiger partial charge in [0.05, 0.1) is 36.7 Å². The molecule has 2 N–H and O–H groups in total. The van der Waals surface area contributed by atoms with Crippen LogP contribution in [0.3, 0.4) is 0 Å². The molecule has 4 aromatic rings. The molecule has 0 radical (unpaired) electrons. The third-order valence-electron chi connectivity index (χ3n) is 9.48. The molecule has 9 nitrogen and oxygen atoms in total. The van der Waals surface area contributed by atoms with Gasteiger partial charge in [0.1, 0.15) is 16.6 Å². The van der Waals surface area contributed by atoms with Gasteiger partial charge in [-0.3, -0.25) is 4.79 Å². The minimum Gasteiger partial charge on any atom is -0.480 e. The van der Waals surface area contributed by atoms with E-state index in [0.29, 0.717) is 31.0 Å². The van der Waals surface area contributed by atoms with Crippen LogP contribution in [-0.4, -0.2) is 68.7 Å². The highest BCUT2D eigenvalue weighted by atomic mass is 35.5. The second-order valence-electron chi connectivity index (χ2n) is 14.1. The van der Waals surface area contributed by atoms with E-state index in [4.69, 9.17) is 25.5 Å². The lowest BCUT2D eigenvalue weighted by Gasteiger charge is -2.44. The van der Waals surface area contributed by atoms with Crippen molar-refractivity contribution in [2.75, 3.05) is 30.9 Å². The number of alkyl halides is 3. The first-order valence-electron chi connectivity index (χ1n) is 17.4. The average molecular weight is 787 g/mol. The second kappa shape index (κ2) is 16.4. The SMILES string of the molecule is COc1ncc(C)c(NC(=O)c2cc(F)c(NC(=O)N3CCCC3CO[Si](c3ccccc3)(c3ccccc3)C(C)(C)C)cc2OC(C)C(F)(F)F)c1Cl. The van der Waals surface area contributed by atoms with Crippen LogP contribution in [0.25, 0.3) is 0 Å². The van der Waals surface area contributed by atoms with Crippen molar-refractivity contribution in [3.05, 3.63) is 101 Å². The van der Waals surface area contributed by atoms with Gasteiger partial charge in [0, 0.05) is 18.8 Å². The molecule has 2 unspecified atom stereocenters. The number of halogens is 5. The first-order chi connectivity index (χ1) is 25.5. The van der Waals surface area contributed by atoms with Crippen LogP contribution in [0.1, 0.15) is 56.5 Å². The number of aromatic nitrogens is 1. The van der Waals surface area contributed by atoms with Crippen LogP contribution in [0.15, 0.2) is 79.0 Å². The van der Waals surface area contributed by atoms with Gasteiger partial charge < -0.3 is 29.4 Å². The van der Waals surface area contributed by atoms with Gasteiger partial charge in [-0.25, -0.2) is 14.2 Å². The van der Waals surface area contributed by atoms with Gasteiger partial charge in [0.25, 0.3) is 14.2 Å². The summed E-state index contributed by atoms with van der Waals surface area (Å²) in [5, 5.41) is 6.77. The maximum atomic E-state index is 15.8. The highest BCUT2D eigenvalue weighted by molar-refractivity contribution is 6.99. The number of carbonyl (C=O) groups excluding carboxylic acids is 2. The summed E-state index contributed by atoms with van der Waals surface area (Å²) in [7, 11) is -1.63. The number of anilines is 2. The van der Waals surface area contributed by atoms with Crippen LogP contribution < -0.4 is 30.5 Å². The van der Waals surface area contributed by atoms with Crippen molar-refractivity contribution >= 4 is 53.6 Å². The number of rotatable bonds is 11. The normalized spacial score (nSPS) is 15.5. The van der Waals surface area contributed by atoms with Crippen LogP contribution in [0.4, 0.5) is 33.7 Å². The van der Waals surface area contributed by atoms with Crippen molar-refractivity contribution in [1.29, 1.82) is 0 Å². The van der Waals surface area contributed by atoms with E-state index in [9.17, 15) is 22.8 Å². The monoisotopic (exact) mass is 786 g/mol. The van der Waals surface area contributed by atoms with Crippen molar-refractivity contribution in [3.63, 3.8) is 0 Å². The van der Waals surface area contributed by atoms with Crippen molar-refractivity contribution in [1.82, 2.24) is 9.88 Å². The van der Waals surface area contributed by atoms with Gasteiger partial charge in [0.2, 0.25) is 5.88 Å². The minimum absolute atomic E-state index is 0.0128. The Morgan fingerprint density at radius 3 is 2.19 bits per heavy atom. The molecule has 288 valence electrons. The zero-order chi connectivity index (χ0) is 39.4. The van der Waals surface area contributed by atoms with E-state index in [1.54, 1.807) is 11.8 Å². The van der Waals surface area contributed by atoms with Crippen LogP contribution in [0.2, 0.25) is 10.1 Å². The zero-order valence-electron chi connectivity index (χ0n) is 30.8. The number of pyridine rings is 1. The summed E-state index contributed by atoms with van der Waals surface area (Å²) in [6.45, 7) is 9.31. The zero-order valence-corrected chi connectivity index (χ0v) is 32.6.